The first-order valence-corrected chi connectivity index (χ1v) is 18.4. The van der Waals surface area contributed by atoms with Crippen LogP contribution in [0.15, 0.2) is 30.3 Å². The maximum Gasteiger partial charge on any atom is 0.225 e. The number of nitrogens with zero attached hydrogens (tertiary/aromatic N) is 1. The van der Waals surface area contributed by atoms with Crippen molar-refractivity contribution in [2.75, 3.05) is 38.7 Å². The van der Waals surface area contributed by atoms with Crippen LogP contribution in [0.3, 0.4) is 0 Å². The third kappa shape index (κ3) is 15.1. The summed E-state index contributed by atoms with van der Waals surface area (Å²) in [5, 5.41) is 27.8. The first-order valence-electron chi connectivity index (χ1n) is 16.6. The molecule has 45 heavy (non-hydrogen) atoms. The first kappa shape index (κ1) is 38.7. The Hall–Kier alpha value is -2.45. The summed E-state index contributed by atoms with van der Waals surface area (Å²) >= 11 is 0. The quantitative estimate of drug-likeness (QED) is 0.160. The lowest BCUT2D eigenvalue weighted by Crippen LogP contribution is -2.52. The van der Waals surface area contributed by atoms with Crippen molar-refractivity contribution in [3.8, 4) is 12.3 Å². The molecular formula is C35H57N3O6S. The fourth-order valence-electron chi connectivity index (χ4n) is 6.05. The van der Waals surface area contributed by atoms with Crippen LogP contribution < -0.4 is 10.6 Å². The van der Waals surface area contributed by atoms with Crippen molar-refractivity contribution in [1.29, 1.82) is 0 Å². The molecule has 1 saturated carbocycles. The number of hydrogen-bond donors (Lipinski definition) is 4. The molecule has 0 radical (unpaired) electrons. The molecule has 1 aromatic carbocycles. The second-order valence-corrected chi connectivity index (χ2v) is 15.8. The van der Waals surface area contributed by atoms with Crippen LogP contribution in [-0.2, 0) is 25.8 Å². The van der Waals surface area contributed by atoms with Crippen LogP contribution in [0.4, 0.5) is 0 Å². The average Bonchev–Trinajstić information content (AvgIpc) is 2.99. The van der Waals surface area contributed by atoms with Gasteiger partial charge in [0.25, 0.3) is 0 Å². The molecule has 0 heterocycles. The highest BCUT2D eigenvalue weighted by Gasteiger charge is 2.33. The second kappa shape index (κ2) is 19.9. The number of rotatable bonds is 20. The molecule has 1 aliphatic carbocycles. The molecule has 1 fully saturated rings. The van der Waals surface area contributed by atoms with Gasteiger partial charge in [0.15, 0.2) is 9.84 Å². The third-order valence-electron chi connectivity index (χ3n) is 8.69. The summed E-state index contributed by atoms with van der Waals surface area (Å²) in [6.45, 7) is 4.29. The Labute approximate surface area is 271 Å². The number of carbonyl (C=O) groups excluding carboxylic acids is 2. The highest BCUT2D eigenvalue weighted by Crippen LogP contribution is 2.29. The molecule has 5 atom stereocenters. The van der Waals surface area contributed by atoms with Crippen LogP contribution in [0.25, 0.3) is 0 Å². The predicted molar refractivity (Wildman–Crippen MR) is 180 cm³/mol. The van der Waals surface area contributed by atoms with E-state index in [-0.39, 0.29) is 36.3 Å². The number of nitrogens with one attached hydrogen (secondary N) is 2. The minimum atomic E-state index is -3.53. The van der Waals surface area contributed by atoms with Gasteiger partial charge in [-0.05, 0) is 57.2 Å². The predicted octanol–water partition coefficient (Wildman–Crippen LogP) is 3.19. The number of hydrogen-bond acceptors (Lipinski definition) is 7. The Balaban J connectivity index is 2.19. The summed E-state index contributed by atoms with van der Waals surface area (Å²) in [6, 6.07) is 8.65. The number of amides is 2. The topological polar surface area (TPSA) is 136 Å². The molecule has 1 unspecified atom stereocenters. The zero-order valence-corrected chi connectivity index (χ0v) is 28.6. The molecule has 1 aliphatic rings. The van der Waals surface area contributed by atoms with Crippen molar-refractivity contribution in [2.45, 2.75) is 96.3 Å². The molecule has 9 nitrogen and oxygen atoms in total. The number of terminal acetylenes is 1. The lowest BCUT2D eigenvalue weighted by molar-refractivity contribution is -0.129. The largest absolute Gasteiger partial charge is 0.390 e. The molecule has 0 bridgehead atoms. The summed E-state index contributed by atoms with van der Waals surface area (Å²) in [4.78, 5) is 29.0. The average molecular weight is 648 g/mol. The molecule has 2 rings (SSSR count). The SMILES string of the molecule is C#CCC[C@H](CNC(=O)[C@H](Cc1ccccc1)CS(=O)(=O)CCN(C)C)C(=O)NC(CC1CCCCC1)[C@@H](O)[C@@H](O)CC(C)C. The van der Waals surface area contributed by atoms with E-state index in [1.165, 1.54) is 6.42 Å². The van der Waals surface area contributed by atoms with Gasteiger partial charge >= 0.3 is 0 Å². The molecule has 4 N–H and O–H groups in total. The van der Waals surface area contributed by atoms with Crippen molar-refractivity contribution in [1.82, 2.24) is 15.5 Å². The van der Waals surface area contributed by atoms with Crippen LogP contribution in [-0.4, -0.2) is 92.3 Å². The van der Waals surface area contributed by atoms with Crippen LogP contribution in [0.2, 0.25) is 0 Å². The van der Waals surface area contributed by atoms with Gasteiger partial charge in [0, 0.05) is 19.5 Å². The standard InChI is InChI=1S/C35H57N3O6S/c1-6-7-18-29(35(42)37-31(23-28-16-12-9-13-17-28)33(40)32(39)21-26(2)3)24-36-34(41)30(22-27-14-10-8-11-15-27)25-45(43,44)20-19-38(4)5/h1,8,10-11,14-15,26,28-33,39-40H,7,9,12-13,16-25H2,2-5H3,(H,36,41)(H,37,42)/t29-,30-,31?,32+,33-/m1/s1. The Morgan fingerprint density at radius 3 is 2.31 bits per heavy atom. The first-order chi connectivity index (χ1) is 21.3. The fraction of sp³-hybridized carbons (Fsp3) is 0.714. The summed E-state index contributed by atoms with van der Waals surface area (Å²) in [5.74, 6) is 0.440. The van der Waals surface area contributed by atoms with Crippen LogP contribution >= 0.6 is 0 Å². The number of carbonyl (C=O) groups is 2. The van der Waals surface area contributed by atoms with Crippen LogP contribution in [0, 0.1) is 36.0 Å². The van der Waals surface area contributed by atoms with Crippen molar-refractivity contribution >= 4 is 21.7 Å². The zero-order chi connectivity index (χ0) is 33.4. The molecule has 0 aromatic heterocycles. The van der Waals surface area contributed by atoms with E-state index in [1.807, 2.05) is 44.2 Å². The zero-order valence-electron chi connectivity index (χ0n) is 27.8. The van der Waals surface area contributed by atoms with Crippen LogP contribution in [0.5, 0.6) is 0 Å². The minimum Gasteiger partial charge on any atom is -0.390 e. The van der Waals surface area contributed by atoms with Gasteiger partial charge in [0.1, 0.15) is 6.10 Å². The molecule has 254 valence electrons. The lowest BCUT2D eigenvalue weighted by atomic mass is 9.82. The minimum absolute atomic E-state index is 0.0177. The summed E-state index contributed by atoms with van der Waals surface area (Å²) in [7, 11) is 0.0744. The number of aliphatic hydroxyl groups is 2. The number of benzene rings is 1. The van der Waals surface area contributed by atoms with Gasteiger partial charge in [0.2, 0.25) is 11.8 Å². The second-order valence-electron chi connectivity index (χ2n) is 13.5. The molecular weight excluding hydrogens is 590 g/mol. The number of aliphatic hydroxyl groups excluding tert-OH is 2. The van der Waals surface area contributed by atoms with Crippen molar-refractivity contribution in [3.05, 3.63) is 35.9 Å². The molecule has 0 spiro atoms. The highest BCUT2D eigenvalue weighted by atomic mass is 32.2. The van der Waals surface area contributed by atoms with Crippen molar-refractivity contribution in [3.63, 3.8) is 0 Å². The van der Waals surface area contributed by atoms with Gasteiger partial charge in [-0.15, -0.1) is 12.3 Å². The van der Waals surface area contributed by atoms with E-state index in [2.05, 4.69) is 16.6 Å². The van der Waals surface area contributed by atoms with Crippen molar-refractivity contribution in [2.24, 2.45) is 23.7 Å². The number of sulfone groups is 1. The Kier molecular flexibility index (Phi) is 17.2. The van der Waals surface area contributed by atoms with Gasteiger partial charge in [-0.1, -0.05) is 76.3 Å². The van der Waals surface area contributed by atoms with E-state index < -0.39 is 45.8 Å². The molecule has 0 aliphatic heterocycles. The van der Waals surface area contributed by atoms with Gasteiger partial charge in [0.05, 0.1) is 35.5 Å². The Morgan fingerprint density at radius 1 is 1.04 bits per heavy atom. The molecule has 0 saturated heterocycles. The van der Waals surface area contributed by atoms with E-state index in [1.54, 1.807) is 19.0 Å². The molecule has 1 aromatic rings. The lowest BCUT2D eigenvalue weighted by Gasteiger charge is -2.33. The van der Waals surface area contributed by atoms with E-state index in [0.717, 1.165) is 31.2 Å². The summed E-state index contributed by atoms with van der Waals surface area (Å²) < 4.78 is 25.9. The summed E-state index contributed by atoms with van der Waals surface area (Å²) in [6.07, 6.45) is 10.7. The fourth-order valence-corrected chi connectivity index (χ4v) is 7.74. The highest BCUT2D eigenvalue weighted by molar-refractivity contribution is 7.91. The molecule has 10 heteroatoms. The van der Waals surface area contributed by atoms with E-state index in [4.69, 9.17) is 6.42 Å². The summed E-state index contributed by atoms with van der Waals surface area (Å²) in [5.41, 5.74) is 0.849. The third-order valence-corrected chi connectivity index (χ3v) is 10.4. The van der Waals surface area contributed by atoms with Gasteiger partial charge in [-0.2, -0.15) is 0 Å². The maximum atomic E-state index is 13.7. The van der Waals surface area contributed by atoms with E-state index in [9.17, 15) is 28.2 Å². The van der Waals surface area contributed by atoms with Crippen molar-refractivity contribution < 1.29 is 28.2 Å². The molecule has 2 amide bonds. The monoisotopic (exact) mass is 647 g/mol. The normalized spacial score (nSPS) is 17.7. The Bertz CT molecular complexity index is 1160. The van der Waals surface area contributed by atoms with E-state index in [0.29, 0.717) is 38.1 Å². The van der Waals surface area contributed by atoms with Gasteiger partial charge in [-0.3, -0.25) is 9.59 Å². The van der Waals surface area contributed by atoms with Gasteiger partial charge < -0.3 is 25.7 Å². The smallest absolute Gasteiger partial charge is 0.225 e. The van der Waals surface area contributed by atoms with E-state index >= 15 is 0 Å². The Morgan fingerprint density at radius 2 is 1.71 bits per heavy atom. The van der Waals surface area contributed by atoms with Crippen LogP contribution in [0.1, 0.15) is 77.2 Å². The van der Waals surface area contributed by atoms with Gasteiger partial charge in [-0.25, -0.2) is 8.42 Å². The maximum absolute atomic E-state index is 13.7.